The van der Waals surface area contributed by atoms with E-state index in [-0.39, 0.29) is 5.97 Å². The number of hydrogen-bond donors (Lipinski definition) is 0. The summed E-state index contributed by atoms with van der Waals surface area (Å²) in [7, 11) is 0. The molecular weight excluding hydrogens is 182 g/mol. The van der Waals surface area contributed by atoms with Crippen LogP contribution in [0.2, 0.25) is 0 Å². The Balaban J connectivity index is 2.89. The molecule has 0 aliphatic carbocycles. The number of carbonyl (C=O) groups is 1. The Labute approximate surface area is 83.1 Å². The number of carbonyl (C=O) groups excluding carboxylic acids is 1. The fourth-order valence-corrected chi connectivity index (χ4v) is 1.02. The van der Waals surface area contributed by atoms with Gasteiger partial charge < -0.3 is 4.74 Å². The van der Waals surface area contributed by atoms with Crippen LogP contribution < -0.4 is 0 Å². The fourth-order valence-electron chi connectivity index (χ4n) is 1.02. The molecule has 0 aliphatic rings. The maximum Gasteiger partial charge on any atom is 0.333 e. The van der Waals surface area contributed by atoms with Crippen molar-refractivity contribution in [1.29, 1.82) is 0 Å². The minimum atomic E-state index is -0.794. The fraction of sp³-hybridized carbons (Fsp3) is 0.667. The summed E-state index contributed by atoms with van der Waals surface area (Å²) in [5.74, 6) is -0.301. The summed E-state index contributed by atoms with van der Waals surface area (Å²) in [6.07, 6.45) is 1.72. The van der Waals surface area contributed by atoms with Gasteiger partial charge in [-0.25, -0.2) is 9.48 Å². The van der Waals surface area contributed by atoms with Crippen molar-refractivity contribution >= 4 is 5.97 Å². The molecule has 0 unspecified atom stereocenters. The topological polar surface area (TPSA) is 57.0 Å². The Hall–Kier alpha value is -1.39. The average Bonchev–Trinajstić information content (AvgIpc) is 2.52. The molecule has 0 fully saturated rings. The number of esters is 1. The number of hydrogen-bond acceptors (Lipinski definition) is 4. The molecule has 0 saturated carbocycles. The minimum absolute atomic E-state index is 0.301. The van der Waals surface area contributed by atoms with Crippen LogP contribution in [0.5, 0.6) is 0 Å². The van der Waals surface area contributed by atoms with Gasteiger partial charge in [-0.15, -0.1) is 5.10 Å². The molecule has 78 valence electrons. The van der Waals surface area contributed by atoms with Crippen LogP contribution in [-0.4, -0.2) is 27.6 Å². The summed E-state index contributed by atoms with van der Waals surface area (Å²) in [6, 6.07) is 0. The van der Waals surface area contributed by atoms with Crippen LogP contribution in [0.1, 0.15) is 26.5 Å². The summed E-state index contributed by atoms with van der Waals surface area (Å²) in [5, 5.41) is 7.69. The van der Waals surface area contributed by atoms with E-state index in [1.54, 1.807) is 27.0 Å². The first-order chi connectivity index (χ1) is 6.48. The van der Waals surface area contributed by atoms with Crippen molar-refractivity contribution in [3.05, 3.63) is 11.9 Å². The van der Waals surface area contributed by atoms with Crippen molar-refractivity contribution in [1.82, 2.24) is 15.0 Å². The lowest BCUT2D eigenvalue weighted by atomic mass is 10.1. The number of nitrogens with zero attached hydrogens (tertiary/aromatic N) is 3. The van der Waals surface area contributed by atoms with Crippen molar-refractivity contribution < 1.29 is 9.53 Å². The standard InChI is InChI=1S/C9H15N3O2/c1-5-14-8(13)9(3,4)12-6-7(2)10-11-12/h6H,5H2,1-4H3. The van der Waals surface area contributed by atoms with Gasteiger partial charge in [-0.1, -0.05) is 5.21 Å². The highest BCUT2D eigenvalue weighted by Crippen LogP contribution is 2.15. The molecule has 0 atom stereocenters. The first kappa shape index (κ1) is 10.7. The Kier molecular flexibility index (Phi) is 2.88. The van der Waals surface area contributed by atoms with Crippen LogP contribution in [0.4, 0.5) is 0 Å². The van der Waals surface area contributed by atoms with Gasteiger partial charge in [-0.2, -0.15) is 0 Å². The predicted octanol–water partition coefficient (Wildman–Crippen LogP) is 0.885. The zero-order valence-corrected chi connectivity index (χ0v) is 8.94. The molecule has 0 bridgehead atoms. The molecule has 1 rings (SSSR count). The zero-order valence-electron chi connectivity index (χ0n) is 8.94. The first-order valence-electron chi connectivity index (χ1n) is 4.55. The van der Waals surface area contributed by atoms with Gasteiger partial charge in [0.1, 0.15) is 0 Å². The Morgan fingerprint density at radius 1 is 1.64 bits per heavy atom. The third kappa shape index (κ3) is 1.92. The molecule has 0 spiro atoms. The summed E-state index contributed by atoms with van der Waals surface area (Å²) >= 11 is 0. The number of ether oxygens (including phenoxy) is 1. The normalized spacial score (nSPS) is 11.4. The monoisotopic (exact) mass is 197 g/mol. The lowest BCUT2D eigenvalue weighted by Gasteiger charge is -2.21. The Bertz CT molecular complexity index is 331. The van der Waals surface area contributed by atoms with Crippen LogP contribution >= 0.6 is 0 Å². The second-order valence-electron chi connectivity index (χ2n) is 3.58. The van der Waals surface area contributed by atoms with E-state index in [2.05, 4.69) is 10.3 Å². The maximum atomic E-state index is 11.6. The highest BCUT2D eigenvalue weighted by Gasteiger charge is 2.32. The van der Waals surface area contributed by atoms with Gasteiger partial charge in [0, 0.05) is 6.20 Å². The molecule has 0 N–H and O–H groups in total. The van der Waals surface area contributed by atoms with E-state index >= 15 is 0 Å². The van der Waals surface area contributed by atoms with Crippen LogP contribution in [0.25, 0.3) is 0 Å². The van der Waals surface area contributed by atoms with Gasteiger partial charge in [0.15, 0.2) is 5.54 Å². The molecule has 0 radical (unpaired) electrons. The van der Waals surface area contributed by atoms with Crippen LogP contribution in [0, 0.1) is 6.92 Å². The van der Waals surface area contributed by atoms with E-state index in [0.717, 1.165) is 5.69 Å². The van der Waals surface area contributed by atoms with E-state index in [0.29, 0.717) is 6.61 Å². The molecular formula is C9H15N3O2. The summed E-state index contributed by atoms with van der Waals surface area (Å²) < 4.78 is 6.46. The molecule has 5 heteroatoms. The zero-order chi connectivity index (χ0) is 10.8. The predicted molar refractivity (Wildman–Crippen MR) is 50.7 cm³/mol. The van der Waals surface area contributed by atoms with E-state index in [1.165, 1.54) is 4.68 Å². The second-order valence-corrected chi connectivity index (χ2v) is 3.58. The van der Waals surface area contributed by atoms with Crippen LogP contribution in [0.15, 0.2) is 6.20 Å². The van der Waals surface area contributed by atoms with E-state index in [1.807, 2.05) is 6.92 Å². The molecule has 1 aromatic rings. The lowest BCUT2D eigenvalue weighted by Crippen LogP contribution is -2.37. The van der Waals surface area contributed by atoms with E-state index < -0.39 is 5.54 Å². The first-order valence-corrected chi connectivity index (χ1v) is 4.55. The average molecular weight is 197 g/mol. The molecule has 0 saturated heterocycles. The van der Waals surface area contributed by atoms with Crippen LogP contribution in [-0.2, 0) is 15.1 Å². The number of rotatable bonds is 3. The van der Waals surface area contributed by atoms with Crippen LogP contribution in [0.3, 0.4) is 0 Å². The minimum Gasteiger partial charge on any atom is -0.464 e. The second kappa shape index (κ2) is 3.77. The Morgan fingerprint density at radius 2 is 2.29 bits per heavy atom. The van der Waals surface area contributed by atoms with Gasteiger partial charge >= 0.3 is 5.97 Å². The summed E-state index contributed by atoms with van der Waals surface area (Å²) in [5.41, 5.74) is -0.0144. The highest BCUT2D eigenvalue weighted by molar-refractivity contribution is 5.77. The van der Waals surface area contributed by atoms with Crippen molar-refractivity contribution in [3.8, 4) is 0 Å². The van der Waals surface area contributed by atoms with Crippen molar-refractivity contribution in [2.45, 2.75) is 33.2 Å². The highest BCUT2D eigenvalue weighted by atomic mass is 16.5. The van der Waals surface area contributed by atoms with Gasteiger partial charge in [0.05, 0.1) is 12.3 Å². The van der Waals surface area contributed by atoms with Gasteiger partial charge in [-0.05, 0) is 27.7 Å². The van der Waals surface area contributed by atoms with Gasteiger partial charge in [-0.3, -0.25) is 0 Å². The largest absolute Gasteiger partial charge is 0.464 e. The molecule has 14 heavy (non-hydrogen) atoms. The third-order valence-electron chi connectivity index (χ3n) is 1.96. The summed E-state index contributed by atoms with van der Waals surface area (Å²) in [4.78, 5) is 11.6. The SMILES string of the molecule is CCOC(=O)C(C)(C)n1cc(C)nn1. The maximum absolute atomic E-state index is 11.6. The smallest absolute Gasteiger partial charge is 0.333 e. The number of aromatic nitrogens is 3. The lowest BCUT2D eigenvalue weighted by molar-refractivity contribution is -0.152. The van der Waals surface area contributed by atoms with Crippen molar-refractivity contribution in [2.24, 2.45) is 0 Å². The molecule has 0 amide bonds. The molecule has 0 aromatic carbocycles. The van der Waals surface area contributed by atoms with E-state index in [9.17, 15) is 4.79 Å². The van der Waals surface area contributed by atoms with Gasteiger partial charge in [0.2, 0.25) is 0 Å². The molecule has 1 heterocycles. The van der Waals surface area contributed by atoms with Crippen molar-refractivity contribution in [2.75, 3.05) is 6.61 Å². The van der Waals surface area contributed by atoms with Gasteiger partial charge in [0.25, 0.3) is 0 Å². The molecule has 0 aliphatic heterocycles. The van der Waals surface area contributed by atoms with Crippen molar-refractivity contribution in [3.63, 3.8) is 0 Å². The number of aryl methyl sites for hydroxylation is 1. The quantitative estimate of drug-likeness (QED) is 0.675. The third-order valence-corrected chi connectivity index (χ3v) is 1.96. The Morgan fingerprint density at radius 3 is 2.71 bits per heavy atom. The molecule has 1 aromatic heterocycles. The summed E-state index contributed by atoms with van der Waals surface area (Å²) in [6.45, 7) is 7.47. The van der Waals surface area contributed by atoms with E-state index in [4.69, 9.17) is 4.74 Å². The molecule has 5 nitrogen and oxygen atoms in total.